The molecule has 0 radical (unpaired) electrons. The van der Waals surface area contributed by atoms with Gasteiger partial charge in [-0.3, -0.25) is 4.79 Å². The Labute approximate surface area is 124 Å². The number of sulfonamides is 1. The molecular formula is C14H19NO5S. The molecule has 0 amide bonds. The molecule has 1 saturated heterocycles. The predicted octanol–water partition coefficient (Wildman–Crippen LogP) is 1.17. The quantitative estimate of drug-likeness (QED) is 0.902. The Morgan fingerprint density at radius 1 is 1.33 bits per heavy atom. The van der Waals surface area contributed by atoms with Crippen molar-refractivity contribution in [3.05, 3.63) is 29.3 Å². The third-order valence-electron chi connectivity index (χ3n) is 3.92. The molecule has 0 aliphatic carbocycles. The van der Waals surface area contributed by atoms with Gasteiger partial charge in [0.1, 0.15) is 6.04 Å². The zero-order valence-electron chi connectivity index (χ0n) is 12.2. The molecule has 1 N–H and O–H groups in total. The molecule has 6 nitrogen and oxygen atoms in total. The van der Waals surface area contributed by atoms with Gasteiger partial charge in [-0.15, -0.1) is 0 Å². The highest BCUT2D eigenvalue weighted by Crippen LogP contribution is 2.28. The number of ether oxygens (including phenoxy) is 1. The maximum atomic E-state index is 12.7. The van der Waals surface area contributed by atoms with Gasteiger partial charge in [-0.2, -0.15) is 4.31 Å². The summed E-state index contributed by atoms with van der Waals surface area (Å²) in [4.78, 5) is 11.4. The van der Waals surface area contributed by atoms with Crippen LogP contribution >= 0.6 is 0 Å². The minimum Gasteiger partial charge on any atom is -0.480 e. The predicted molar refractivity (Wildman–Crippen MR) is 76.6 cm³/mol. The molecule has 2 rings (SSSR count). The average molecular weight is 313 g/mol. The monoisotopic (exact) mass is 313 g/mol. The normalized spacial score (nSPS) is 23.4. The van der Waals surface area contributed by atoms with E-state index in [0.717, 1.165) is 15.4 Å². The Hall–Kier alpha value is -1.44. The van der Waals surface area contributed by atoms with Gasteiger partial charge in [0.2, 0.25) is 10.0 Å². The number of carboxylic acids is 1. The molecule has 0 bridgehead atoms. The van der Waals surface area contributed by atoms with Gasteiger partial charge in [0, 0.05) is 20.1 Å². The van der Waals surface area contributed by atoms with Gasteiger partial charge < -0.3 is 9.84 Å². The molecule has 7 heteroatoms. The summed E-state index contributed by atoms with van der Waals surface area (Å²) >= 11 is 0. The second-order valence-corrected chi connectivity index (χ2v) is 7.16. The molecule has 21 heavy (non-hydrogen) atoms. The van der Waals surface area contributed by atoms with E-state index >= 15 is 0 Å². The number of benzene rings is 1. The lowest BCUT2D eigenvalue weighted by Gasteiger charge is -2.21. The summed E-state index contributed by atoms with van der Waals surface area (Å²) in [5.74, 6) is -1.15. The maximum Gasteiger partial charge on any atom is 0.322 e. The number of carbonyl (C=O) groups is 1. The van der Waals surface area contributed by atoms with Gasteiger partial charge in [0.15, 0.2) is 0 Å². The van der Waals surface area contributed by atoms with E-state index in [4.69, 9.17) is 4.74 Å². The molecule has 0 aromatic heterocycles. The number of rotatable bonds is 4. The van der Waals surface area contributed by atoms with Crippen molar-refractivity contribution in [3.63, 3.8) is 0 Å². The van der Waals surface area contributed by atoms with Crippen molar-refractivity contribution in [2.45, 2.75) is 37.3 Å². The van der Waals surface area contributed by atoms with Crippen molar-refractivity contribution in [1.82, 2.24) is 4.31 Å². The molecule has 1 aliphatic rings. The van der Waals surface area contributed by atoms with E-state index in [1.807, 2.05) is 13.8 Å². The van der Waals surface area contributed by atoms with Gasteiger partial charge in [0.05, 0.1) is 11.0 Å². The molecule has 1 aromatic carbocycles. The molecule has 1 aliphatic heterocycles. The third kappa shape index (κ3) is 2.95. The van der Waals surface area contributed by atoms with Crippen LogP contribution in [0.3, 0.4) is 0 Å². The number of nitrogens with zero attached hydrogens (tertiary/aromatic N) is 1. The summed E-state index contributed by atoms with van der Waals surface area (Å²) in [5.41, 5.74) is 1.84. The highest BCUT2D eigenvalue weighted by Gasteiger charge is 2.44. The number of hydrogen-bond acceptors (Lipinski definition) is 4. The summed E-state index contributed by atoms with van der Waals surface area (Å²) in [5, 5.41) is 9.24. The van der Waals surface area contributed by atoms with E-state index in [9.17, 15) is 18.3 Å². The van der Waals surface area contributed by atoms with Crippen LogP contribution in [-0.4, -0.2) is 49.6 Å². The standard InChI is InChI=1S/C14H19NO5S/c1-9-4-5-12(6-10(9)2)21(18,19)15-8-11(20-3)7-13(15)14(16)17/h4-6,11,13H,7-8H2,1-3H3,(H,16,17). The first-order chi connectivity index (χ1) is 9.77. The first-order valence-corrected chi connectivity index (χ1v) is 8.06. The van der Waals surface area contributed by atoms with Crippen LogP contribution in [0.2, 0.25) is 0 Å². The van der Waals surface area contributed by atoms with Crippen molar-refractivity contribution in [2.75, 3.05) is 13.7 Å². The molecule has 2 unspecified atom stereocenters. The number of methoxy groups -OCH3 is 1. The lowest BCUT2D eigenvalue weighted by molar-refractivity contribution is -0.140. The van der Waals surface area contributed by atoms with Crippen LogP contribution in [0.1, 0.15) is 17.5 Å². The number of aliphatic carboxylic acids is 1. The molecule has 2 atom stereocenters. The number of aryl methyl sites for hydroxylation is 2. The van der Waals surface area contributed by atoms with Gasteiger partial charge in [-0.05, 0) is 37.1 Å². The van der Waals surface area contributed by atoms with Crippen molar-refractivity contribution < 1.29 is 23.1 Å². The fourth-order valence-electron chi connectivity index (χ4n) is 2.44. The van der Waals surface area contributed by atoms with Crippen LogP contribution in [0.25, 0.3) is 0 Å². The Kier molecular flexibility index (Phi) is 4.36. The smallest absolute Gasteiger partial charge is 0.322 e. The van der Waals surface area contributed by atoms with E-state index < -0.39 is 28.1 Å². The number of carboxylic acid groups (broad SMARTS) is 1. The van der Waals surface area contributed by atoms with Gasteiger partial charge >= 0.3 is 5.97 Å². The van der Waals surface area contributed by atoms with E-state index in [1.54, 1.807) is 12.1 Å². The highest BCUT2D eigenvalue weighted by molar-refractivity contribution is 7.89. The lowest BCUT2D eigenvalue weighted by Crippen LogP contribution is -2.40. The average Bonchev–Trinajstić information content (AvgIpc) is 2.87. The van der Waals surface area contributed by atoms with Gasteiger partial charge in [-0.1, -0.05) is 6.07 Å². The van der Waals surface area contributed by atoms with Crippen LogP contribution in [-0.2, 0) is 19.6 Å². The maximum absolute atomic E-state index is 12.7. The van der Waals surface area contributed by atoms with Crippen LogP contribution < -0.4 is 0 Å². The molecule has 1 fully saturated rings. The summed E-state index contributed by atoms with van der Waals surface area (Å²) in [6.07, 6.45) is -0.233. The largest absolute Gasteiger partial charge is 0.480 e. The molecule has 0 saturated carbocycles. The van der Waals surface area contributed by atoms with Crippen molar-refractivity contribution in [3.8, 4) is 0 Å². The number of hydrogen-bond donors (Lipinski definition) is 1. The fourth-order valence-corrected chi connectivity index (χ4v) is 4.15. The molecular weight excluding hydrogens is 294 g/mol. The van der Waals surface area contributed by atoms with Crippen LogP contribution in [0.15, 0.2) is 23.1 Å². The van der Waals surface area contributed by atoms with Crippen molar-refractivity contribution in [1.29, 1.82) is 0 Å². The van der Waals surface area contributed by atoms with Crippen molar-refractivity contribution >= 4 is 16.0 Å². The van der Waals surface area contributed by atoms with E-state index in [0.29, 0.717) is 0 Å². The first kappa shape index (κ1) is 15.9. The second kappa shape index (κ2) is 5.75. The SMILES string of the molecule is COC1CC(C(=O)O)N(S(=O)(=O)c2ccc(C)c(C)c2)C1. The topological polar surface area (TPSA) is 83.9 Å². The zero-order chi connectivity index (χ0) is 15.8. The summed E-state index contributed by atoms with van der Waals surface area (Å²) in [6.45, 7) is 3.77. The van der Waals surface area contributed by atoms with E-state index in [1.165, 1.54) is 13.2 Å². The first-order valence-electron chi connectivity index (χ1n) is 6.62. The van der Waals surface area contributed by atoms with Crippen LogP contribution in [0.5, 0.6) is 0 Å². The van der Waals surface area contributed by atoms with E-state index in [2.05, 4.69) is 0 Å². The highest BCUT2D eigenvalue weighted by atomic mass is 32.2. The lowest BCUT2D eigenvalue weighted by atomic mass is 10.1. The van der Waals surface area contributed by atoms with E-state index in [-0.39, 0.29) is 17.9 Å². The molecule has 1 heterocycles. The summed E-state index contributed by atoms with van der Waals surface area (Å²) < 4.78 is 31.5. The Bertz CT molecular complexity index is 655. The fraction of sp³-hybridized carbons (Fsp3) is 0.500. The third-order valence-corrected chi connectivity index (χ3v) is 5.79. The summed E-state index contributed by atoms with van der Waals surface area (Å²) in [6, 6.07) is 3.73. The van der Waals surface area contributed by atoms with Crippen LogP contribution in [0.4, 0.5) is 0 Å². The van der Waals surface area contributed by atoms with Gasteiger partial charge in [-0.25, -0.2) is 8.42 Å². The Morgan fingerprint density at radius 2 is 2.00 bits per heavy atom. The zero-order valence-corrected chi connectivity index (χ0v) is 13.1. The minimum absolute atomic E-state index is 0.0583. The minimum atomic E-state index is -3.84. The molecule has 116 valence electrons. The molecule has 1 aromatic rings. The van der Waals surface area contributed by atoms with Crippen LogP contribution in [0, 0.1) is 13.8 Å². The molecule has 0 spiro atoms. The Balaban J connectivity index is 2.41. The van der Waals surface area contributed by atoms with Gasteiger partial charge in [0.25, 0.3) is 0 Å². The Morgan fingerprint density at radius 3 is 2.52 bits per heavy atom. The second-order valence-electron chi connectivity index (χ2n) is 5.27. The van der Waals surface area contributed by atoms with Crippen molar-refractivity contribution in [2.24, 2.45) is 0 Å². The summed E-state index contributed by atoms with van der Waals surface area (Å²) in [7, 11) is -2.39.